The Hall–Kier alpha value is -2.83. The maximum Gasteiger partial charge on any atom is 0.404 e. The fraction of sp³-hybridized carbons (Fsp3) is 0.481. The van der Waals surface area contributed by atoms with Gasteiger partial charge in [-0.15, -0.1) is 0 Å². The predicted molar refractivity (Wildman–Crippen MR) is 126 cm³/mol. The van der Waals surface area contributed by atoms with Crippen LogP contribution in [-0.4, -0.2) is 49.4 Å². The van der Waals surface area contributed by atoms with E-state index in [1.807, 2.05) is 24.3 Å². The first-order chi connectivity index (χ1) is 16.3. The van der Waals surface area contributed by atoms with E-state index in [4.69, 9.17) is 0 Å². The Morgan fingerprint density at radius 2 is 1.44 bits per heavy atom. The Morgan fingerprint density at radius 3 is 1.97 bits per heavy atom. The number of aldehydes is 1. The molecule has 1 amide bonds. The van der Waals surface area contributed by atoms with Gasteiger partial charge >= 0.3 is 6.18 Å². The largest absolute Gasteiger partial charge is 0.404 e. The lowest BCUT2D eigenvalue weighted by Gasteiger charge is -2.38. The number of piperidine rings is 2. The van der Waals surface area contributed by atoms with Crippen LogP contribution < -0.4 is 4.90 Å². The Labute approximate surface area is 198 Å². The second-order valence-corrected chi connectivity index (χ2v) is 9.53. The molecule has 0 saturated carbocycles. The summed E-state index contributed by atoms with van der Waals surface area (Å²) in [4.78, 5) is 27.4. The molecule has 0 N–H and O–H groups in total. The number of carbonyl (C=O) groups is 2. The van der Waals surface area contributed by atoms with Gasteiger partial charge in [0.25, 0.3) is 0 Å². The molecule has 0 bridgehead atoms. The summed E-state index contributed by atoms with van der Waals surface area (Å²) in [5, 5.41) is 0. The first kappa shape index (κ1) is 24.3. The quantitative estimate of drug-likeness (QED) is 0.507. The monoisotopic (exact) mass is 472 g/mol. The minimum atomic E-state index is -4.60. The van der Waals surface area contributed by atoms with Crippen LogP contribution in [0, 0.1) is 11.8 Å². The van der Waals surface area contributed by atoms with Crippen molar-refractivity contribution in [1.82, 2.24) is 4.90 Å². The molecule has 2 fully saturated rings. The topological polar surface area (TPSA) is 40.6 Å². The molecular weight excluding hydrogens is 441 g/mol. The number of hydrogen-bond acceptors (Lipinski definition) is 3. The van der Waals surface area contributed by atoms with E-state index in [1.165, 1.54) is 17.0 Å². The predicted octanol–water partition coefficient (Wildman–Crippen LogP) is 5.69. The third-order valence-corrected chi connectivity index (χ3v) is 7.31. The Bertz CT molecular complexity index is 946. The summed E-state index contributed by atoms with van der Waals surface area (Å²) in [5.74, 6) is -1.86. The first-order valence-electron chi connectivity index (χ1n) is 12.1. The smallest absolute Gasteiger partial charge is 0.372 e. The SMILES string of the molecule is O=Cc1ccc(N2CCC(CC3CCN(C(=O)C(c4ccccc4)C(F)(F)F)CC3)CC2)cc1. The molecule has 7 heteroatoms. The number of rotatable bonds is 6. The lowest BCUT2D eigenvalue weighted by atomic mass is 9.82. The highest BCUT2D eigenvalue weighted by Crippen LogP contribution is 2.38. The number of benzene rings is 2. The standard InChI is InChI=1S/C27H31F3N2O2/c28-27(29,30)25(23-4-2-1-3-5-23)26(34)32-16-12-21(13-17-32)18-20-10-14-31(15-11-20)24-8-6-22(19-33)7-9-24/h1-9,19-21,25H,10-18H2. The summed E-state index contributed by atoms with van der Waals surface area (Å²) in [6.45, 7) is 2.72. The Kier molecular flexibility index (Phi) is 7.59. The maximum atomic E-state index is 13.7. The fourth-order valence-corrected chi connectivity index (χ4v) is 5.35. The maximum absolute atomic E-state index is 13.7. The third-order valence-electron chi connectivity index (χ3n) is 7.31. The van der Waals surface area contributed by atoms with Gasteiger partial charge in [0.05, 0.1) is 0 Å². The minimum absolute atomic E-state index is 0.00896. The number of anilines is 1. The van der Waals surface area contributed by atoms with Crippen LogP contribution in [0.15, 0.2) is 54.6 Å². The van der Waals surface area contributed by atoms with E-state index < -0.39 is 18.0 Å². The van der Waals surface area contributed by atoms with Gasteiger partial charge in [-0.3, -0.25) is 9.59 Å². The van der Waals surface area contributed by atoms with Gasteiger partial charge in [-0.2, -0.15) is 13.2 Å². The van der Waals surface area contributed by atoms with Crippen LogP contribution in [0.5, 0.6) is 0 Å². The molecule has 2 aromatic carbocycles. The van der Waals surface area contributed by atoms with Gasteiger partial charge in [0.2, 0.25) is 5.91 Å². The zero-order valence-electron chi connectivity index (χ0n) is 19.2. The highest BCUT2D eigenvalue weighted by Gasteiger charge is 2.47. The average Bonchev–Trinajstić information content (AvgIpc) is 2.85. The zero-order chi connectivity index (χ0) is 24.1. The number of nitrogens with zero attached hydrogens (tertiary/aromatic N) is 2. The summed E-state index contributed by atoms with van der Waals surface area (Å²) in [6, 6.07) is 15.1. The molecule has 2 aliphatic heterocycles. The van der Waals surface area contributed by atoms with Crippen LogP contribution in [0.25, 0.3) is 0 Å². The van der Waals surface area contributed by atoms with Crippen LogP contribution in [0.4, 0.5) is 18.9 Å². The van der Waals surface area contributed by atoms with Gasteiger partial charge in [0, 0.05) is 37.4 Å². The zero-order valence-corrected chi connectivity index (χ0v) is 19.2. The molecule has 1 unspecified atom stereocenters. The normalized spacial score (nSPS) is 19.1. The molecule has 2 heterocycles. The summed E-state index contributed by atoms with van der Waals surface area (Å²) in [6.07, 6.45) is 1.01. The summed E-state index contributed by atoms with van der Waals surface area (Å²) >= 11 is 0. The van der Waals surface area contributed by atoms with Crippen molar-refractivity contribution in [1.29, 1.82) is 0 Å². The van der Waals surface area contributed by atoms with Crippen LogP contribution in [0.3, 0.4) is 0 Å². The van der Waals surface area contributed by atoms with E-state index in [1.54, 1.807) is 18.2 Å². The molecule has 182 valence electrons. The van der Waals surface area contributed by atoms with Crippen LogP contribution >= 0.6 is 0 Å². The highest BCUT2D eigenvalue weighted by molar-refractivity contribution is 5.84. The Balaban J connectivity index is 1.26. The van der Waals surface area contributed by atoms with Crippen LogP contribution in [-0.2, 0) is 4.79 Å². The van der Waals surface area contributed by atoms with E-state index in [2.05, 4.69) is 4.90 Å². The molecule has 34 heavy (non-hydrogen) atoms. The lowest BCUT2D eigenvalue weighted by molar-refractivity contribution is -0.173. The van der Waals surface area contributed by atoms with Crippen molar-refractivity contribution in [3.63, 3.8) is 0 Å². The lowest BCUT2D eigenvalue weighted by Crippen LogP contribution is -2.45. The number of likely N-dealkylation sites (tertiary alicyclic amines) is 1. The molecule has 2 aliphatic rings. The van der Waals surface area contributed by atoms with E-state index in [-0.39, 0.29) is 5.56 Å². The summed E-state index contributed by atoms with van der Waals surface area (Å²) < 4.78 is 41.2. The fourth-order valence-electron chi connectivity index (χ4n) is 5.35. The van der Waals surface area contributed by atoms with E-state index in [0.29, 0.717) is 30.5 Å². The summed E-state index contributed by atoms with van der Waals surface area (Å²) in [5.41, 5.74) is 1.82. The summed E-state index contributed by atoms with van der Waals surface area (Å²) in [7, 11) is 0. The van der Waals surface area contributed by atoms with Crippen molar-refractivity contribution in [2.45, 2.75) is 44.2 Å². The van der Waals surface area contributed by atoms with Gasteiger partial charge in [-0.1, -0.05) is 30.3 Å². The second-order valence-electron chi connectivity index (χ2n) is 9.53. The van der Waals surface area contributed by atoms with Gasteiger partial charge < -0.3 is 9.80 Å². The van der Waals surface area contributed by atoms with E-state index in [0.717, 1.165) is 57.2 Å². The number of alkyl halides is 3. The van der Waals surface area contributed by atoms with Crippen molar-refractivity contribution in [2.24, 2.45) is 11.8 Å². The average molecular weight is 473 g/mol. The number of halogens is 3. The third kappa shape index (κ3) is 5.80. The van der Waals surface area contributed by atoms with Crippen LogP contribution in [0.1, 0.15) is 53.9 Å². The van der Waals surface area contributed by atoms with Crippen molar-refractivity contribution >= 4 is 17.9 Å². The molecule has 0 aromatic heterocycles. The molecule has 0 aliphatic carbocycles. The number of amides is 1. The van der Waals surface area contributed by atoms with Gasteiger partial charge in [0.1, 0.15) is 6.29 Å². The van der Waals surface area contributed by atoms with Crippen molar-refractivity contribution in [2.75, 3.05) is 31.1 Å². The van der Waals surface area contributed by atoms with E-state index >= 15 is 0 Å². The van der Waals surface area contributed by atoms with Gasteiger partial charge in [-0.25, -0.2) is 0 Å². The molecule has 1 atom stereocenters. The minimum Gasteiger partial charge on any atom is -0.372 e. The van der Waals surface area contributed by atoms with Crippen molar-refractivity contribution in [3.8, 4) is 0 Å². The van der Waals surface area contributed by atoms with Crippen molar-refractivity contribution < 1.29 is 22.8 Å². The molecule has 4 rings (SSSR count). The molecule has 0 spiro atoms. The Morgan fingerprint density at radius 1 is 0.882 bits per heavy atom. The highest BCUT2D eigenvalue weighted by atomic mass is 19.4. The van der Waals surface area contributed by atoms with Gasteiger partial charge in [-0.05, 0) is 73.8 Å². The van der Waals surface area contributed by atoms with Gasteiger partial charge in [0.15, 0.2) is 5.92 Å². The second kappa shape index (κ2) is 10.6. The first-order valence-corrected chi connectivity index (χ1v) is 12.1. The van der Waals surface area contributed by atoms with Crippen LogP contribution in [0.2, 0.25) is 0 Å². The molecule has 2 saturated heterocycles. The molecule has 4 nitrogen and oxygen atoms in total. The van der Waals surface area contributed by atoms with E-state index in [9.17, 15) is 22.8 Å². The number of carbonyl (C=O) groups excluding carboxylic acids is 2. The number of hydrogen-bond donors (Lipinski definition) is 0. The van der Waals surface area contributed by atoms with Crippen molar-refractivity contribution in [3.05, 3.63) is 65.7 Å². The molecule has 2 aromatic rings. The molecule has 0 radical (unpaired) electrons. The molecular formula is C27H31F3N2O2.